The number of rotatable bonds is 2. The standard InChI is InChI=1S/C21H17FN4O4/c1-13-16(11-30-23-13)19(28)25-9-10-26-20(29)17-3-2-4-18(27)24(17)12-21(25,26)14-5-7-15(22)8-6-14/h2-8,11H,9-10,12H2,1H3. The molecule has 2 aliphatic heterocycles. The lowest BCUT2D eigenvalue weighted by molar-refractivity contribution is -0.00704. The maximum atomic E-state index is 13.7. The molecule has 2 aliphatic rings. The summed E-state index contributed by atoms with van der Waals surface area (Å²) in [5, 5.41) is 3.78. The number of aromatic nitrogens is 2. The van der Waals surface area contributed by atoms with Gasteiger partial charge in [-0.1, -0.05) is 23.4 Å². The molecule has 0 spiro atoms. The van der Waals surface area contributed by atoms with Crippen molar-refractivity contribution >= 4 is 11.8 Å². The molecule has 0 radical (unpaired) electrons. The predicted molar refractivity (Wildman–Crippen MR) is 102 cm³/mol. The molecule has 1 saturated heterocycles. The fraction of sp³-hybridized carbons (Fsp3) is 0.238. The second-order valence-electron chi connectivity index (χ2n) is 7.39. The Morgan fingerprint density at radius 2 is 1.90 bits per heavy atom. The van der Waals surface area contributed by atoms with Crippen molar-refractivity contribution in [3.05, 3.63) is 87.4 Å². The molecule has 1 atom stereocenters. The van der Waals surface area contributed by atoms with Gasteiger partial charge in [0.1, 0.15) is 23.3 Å². The fourth-order valence-electron chi connectivity index (χ4n) is 4.42. The molecule has 0 saturated carbocycles. The summed E-state index contributed by atoms with van der Waals surface area (Å²) in [6, 6.07) is 10.1. The second-order valence-corrected chi connectivity index (χ2v) is 7.39. The van der Waals surface area contributed by atoms with Crippen LogP contribution in [0.2, 0.25) is 0 Å². The quantitative estimate of drug-likeness (QED) is 0.645. The van der Waals surface area contributed by atoms with Crippen LogP contribution in [0.15, 0.2) is 58.0 Å². The summed E-state index contributed by atoms with van der Waals surface area (Å²) in [6.45, 7) is 2.21. The van der Waals surface area contributed by atoms with Gasteiger partial charge in [0.15, 0.2) is 5.66 Å². The number of fused-ring (bicyclic) bond motifs is 2. The lowest BCUT2D eigenvalue weighted by Gasteiger charge is -2.47. The minimum Gasteiger partial charge on any atom is -0.364 e. The van der Waals surface area contributed by atoms with E-state index in [2.05, 4.69) is 5.16 Å². The van der Waals surface area contributed by atoms with E-state index in [0.717, 1.165) is 0 Å². The van der Waals surface area contributed by atoms with Crippen molar-refractivity contribution in [2.24, 2.45) is 0 Å². The third-order valence-electron chi connectivity index (χ3n) is 5.86. The monoisotopic (exact) mass is 408 g/mol. The summed E-state index contributed by atoms with van der Waals surface area (Å²) in [5.74, 6) is -1.17. The number of hydrogen-bond acceptors (Lipinski definition) is 5. The number of nitrogens with zero attached hydrogens (tertiary/aromatic N) is 4. The molecule has 3 aromatic rings. The third-order valence-corrected chi connectivity index (χ3v) is 5.86. The molecule has 0 aliphatic carbocycles. The molecule has 2 amide bonds. The van der Waals surface area contributed by atoms with Crippen molar-refractivity contribution in [3.63, 3.8) is 0 Å². The third kappa shape index (κ3) is 2.38. The lowest BCUT2D eigenvalue weighted by atomic mass is 9.93. The molecule has 4 heterocycles. The lowest BCUT2D eigenvalue weighted by Crippen LogP contribution is -2.61. The highest BCUT2D eigenvalue weighted by Crippen LogP contribution is 2.43. The highest BCUT2D eigenvalue weighted by Gasteiger charge is 2.56. The largest absolute Gasteiger partial charge is 0.364 e. The smallest absolute Gasteiger partial charge is 0.272 e. The van der Waals surface area contributed by atoms with E-state index in [-0.39, 0.29) is 48.3 Å². The van der Waals surface area contributed by atoms with E-state index >= 15 is 0 Å². The van der Waals surface area contributed by atoms with Gasteiger partial charge in [0.25, 0.3) is 17.4 Å². The maximum Gasteiger partial charge on any atom is 0.272 e. The first-order chi connectivity index (χ1) is 14.4. The molecule has 30 heavy (non-hydrogen) atoms. The van der Waals surface area contributed by atoms with Crippen LogP contribution in [0.3, 0.4) is 0 Å². The Kier molecular flexibility index (Phi) is 3.89. The first-order valence-corrected chi connectivity index (χ1v) is 9.44. The molecule has 2 aromatic heterocycles. The molecule has 9 heteroatoms. The topological polar surface area (TPSA) is 88.7 Å². The molecule has 1 unspecified atom stereocenters. The second kappa shape index (κ2) is 6.38. The van der Waals surface area contributed by atoms with E-state index in [1.54, 1.807) is 34.9 Å². The van der Waals surface area contributed by atoms with Crippen LogP contribution in [0.25, 0.3) is 0 Å². The fourth-order valence-corrected chi connectivity index (χ4v) is 4.42. The van der Waals surface area contributed by atoms with E-state index in [4.69, 9.17) is 4.52 Å². The summed E-state index contributed by atoms with van der Waals surface area (Å²) in [6.07, 6.45) is 1.27. The van der Waals surface area contributed by atoms with Gasteiger partial charge in [-0.15, -0.1) is 0 Å². The van der Waals surface area contributed by atoms with Gasteiger partial charge in [-0.2, -0.15) is 0 Å². The Morgan fingerprint density at radius 3 is 2.60 bits per heavy atom. The van der Waals surface area contributed by atoms with Gasteiger partial charge in [0.2, 0.25) is 0 Å². The number of aryl methyl sites for hydroxylation is 1. The van der Waals surface area contributed by atoms with Crippen LogP contribution < -0.4 is 5.56 Å². The zero-order chi connectivity index (χ0) is 21.0. The normalized spacial score (nSPS) is 20.3. The van der Waals surface area contributed by atoms with E-state index in [1.807, 2.05) is 0 Å². The summed E-state index contributed by atoms with van der Waals surface area (Å²) >= 11 is 0. The zero-order valence-electron chi connectivity index (χ0n) is 16.0. The summed E-state index contributed by atoms with van der Waals surface area (Å²) in [5.41, 5.74) is -0.120. The minimum atomic E-state index is -1.27. The Balaban J connectivity index is 1.74. The molecule has 1 aromatic carbocycles. The number of pyridine rings is 1. The Morgan fingerprint density at radius 1 is 1.13 bits per heavy atom. The van der Waals surface area contributed by atoms with Crippen molar-refractivity contribution in [2.45, 2.75) is 19.1 Å². The van der Waals surface area contributed by atoms with Crippen molar-refractivity contribution in [1.82, 2.24) is 19.5 Å². The van der Waals surface area contributed by atoms with Gasteiger partial charge < -0.3 is 14.3 Å². The number of carbonyl (C=O) groups excluding carboxylic acids is 2. The van der Waals surface area contributed by atoms with Gasteiger partial charge in [-0.05, 0) is 25.1 Å². The SMILES string of the molecule is Cc1nocc1C(=O)N1CCN2C(=O)c3cccc(=O)n3CC12c1ccc(F)cc1. The number of benzene rings is 1. The molecule has 5 rings (SSSR count). The first kappa shape index (κ1) is 18.3. The number of hydrogen-bond donors (Lipinski definition) is 0. The van der Waals surface area contributed by atoms with E-state index < -0.39 is 11.5 Å². The van der Waals surface area contributed by atoms with Gasteiger partial charge in [0.05, 0.1) is 12.2 Å². The van der Waals surface area contributed by atoms with Crippen LogP contribution in [0.1, 0.15) is 32.1 Å². The van der Waals surface area contributed by atoms with Gasteiger partial charge >= 0.3 is 0 Å². The van der Waals surface area contributed by atoms with Crippen LogP contribution in [0.5, 0.6) is 0 Å². The van der Waals surface area contributed by atoms with Crippen molar-refractivity contribution in [1.29, 1.82) is 0 Å². The average Bonchev–Trinajstić information content (AvgIpc) is 3.33. The van der Waals surface area contributed by atoms with Gasteiger partial charge in [-0.25, -0.2) is 4.39 Å². The number of halogens is 1. The highest BCUT2D eigenvalue weighted by atomic mass is 19.1. The Hall–Kier alpha value is -3.75. The van der Waals surface area contributed by atoms with Crippen LogP contribution in [0.4, 0.5) is 4.39 Å². The number of carbonyl (C=O) groups is 2. The summed E-state index contributed by atoms with van der Waals surface area (Å²) in [4.78, 5) is 42.5. The number of amides is 2. The molecule has 8 nitrogen and oxygen atoms in total. The Bertz CT molecular complexity index is 1230. The van der Waals surface area contributed by atoms with Crippen molar-refractivity contribution in [2.75, 3.05) is 13.1 Å². The predicted octanol–water partition coefficient (Wildman–Crippen LogP) is 1.75. The average molecular weight is 408 g/mol. The first-order valence-electron chi connectivity index (χ1n) is 9.44. The van der Waals surface area contributed by atoms with Gasteiger partial charge in [-0.3, -0.25) is 19.0 Å². The molecule has 0 N–H and O–H groups in total. The highest BCUT2D eigenvalue weighted by molar-refractivity contribution is 5.98. The van der Waals surface area contributed by atoms with E-state index in [1.165, 1.54) is 35.1 Å². The van der Waals surface area contributed by atoms with E-state index in [9.17, 15) is 18.8 Å². The van der Waals surface area contributed by atoms with Crippen LogP contribution in [-0.4, -0.2) is 44.4 Å². The molecule has 0 bridgehead atoms. The molecular weight excluding hydrogens is 391 g/mol. The Labute approximate surface area is 170 Å². The summed E-state index contributed by atoms with van der Waals surface area (Å²) < 4.78 is 20.0. The minimum absolute atomic E-state index is 0.0371. The zero-order valence-corrected chi connectivity index (χ0v) is 16.0. The van der Waals surface area contributed by atoms with Crippen LogP contribution in [-0.2, 0) is 12.2 Å². The molecule has 1 fully saturated rings. The maximum absolute atomic E-state index is 13.7. The van der Waals surface area contributed by atoms with Crippen molar-refractivity contribution in [3.8, 4) is 0 Å². The molecule has 152 valence electrons. The van der Waals surface area contributed by atoms with Gasteiger partial charge in [0, 0.05) is 24.7 Å². The van der Waals surface area contributed by atoms with Crippen molar-refractivity contribution < 1.29 is 18.5 Å². The molecular formula is C21H17FN4O4. The van der Waals surface area contributed by atoms with Crippen LogP contribution >= 0.6 is 0 Å². The van der Waals surface area contributed by atoms with Crippen LogP contribution in [0, 0.1) is 12.7 Å². The summed E-state index contributed by atoms with van der Waals surface area (Å²) in [7, 11) is 0. The van der Waals surface area contributed by atoms with E-state index in [0.29, 0.717) is 11.3 Å².